The van der Waals surface area contributed by atoms with Crippen LogP contribution < -0.4 is 11.1 Å². The van der Waals surface area contributed by atoms with Crippen LogP contribution in [0.1, 0.15) is 28.8 Å². The highest BCUT2D eigenvalue weighted by Crippen LogP contribution is 2.31. The van der Waals surface area contributed by atoms with Crippen molar-refractivity contribution in [2.45, 2.75) is 25.8 Å². The fourth-order valence-corrected chi connectivity index (χ4v) is 1.84. The Labute approximate surface area is 101 Å². The first-order valence-corrected chi connectivity index (χ1v) is 5.92. The van der Waals surface area contributed by atoms with Gasteiger partial charge in [0.15, 0.2) is 0 Å². The topological polar surface area (TPSA) is 75.4 Å². The SMILES string of the molecule is Cc1cccc(C(=O)NCC(N)C2CC2)c1O. The predicted molar refractivity (Wildman–Crippen MR) is 65.9 cm³/mol. The lowest BCUT2D eigenvalue weighted by molar-refractivity contribution is 0.0947. The van der Waals surface area contributed by atoms with Gasteiger partial charge in [-0.25, -0.2) is 0 Å². The number of rotatable bonds is 4. The molecule has 0 radical (unpaired) electrons. The molecule has 92 valence electrons. The number of nitrogens with two attached hydrogens (primary N) is 1. The number of nitrogens with one attached hydrogen (secondary N) is 1. The Morgan fingerprint density at radius 1 is 1.59 bits per heavy atom. The molecule has 1 fully saturated rings. The Balaban J connectivity index is 1.96. The van der Waals surface area contributed by atoms with Crippen molar-refractivity contribution in [1.82, 2.24) is 5.32 Å². The van der Waals surface area contributed by atoms with Crippen molar-refractivity contribution in [2.24, 2.45) is 11.7 Å². The minimum absolute atomic E-state index is 0.0332. The highest BCUT2D eigenvalue weighted by Gasteiger charge is 2.28. The van der Waals surface area contributed by atoms with E-state index in [1.165, 1.54) is 0 Å². The predicted octanol–water partition coefficient (Wildman–Crippen LogP) is 1.17. The summed E-state index contributed by atoms with van der Waals surface area (Å²) < 4.78 is 0. The van der Waals surface area contributed by atoms with E-state index in [4.69, 9.17) is 5.73 Å². The van der Waals surface area contributed by atoms with E-state index in [0.717, 1.165) is 12.8 Å². The Hall–Kier alpha value is -1.55. The summed E-state index contributed by atoms with van der Waals surface area (Å²) in [6.07, 6.45) is 2.32. The maximum absolute atomic E-state index is 11.8. The van der Waals surface area contributed by atoms with Crippen molar-refractivity contribution in [3.63, 3.8) is 0 Å². The van der Waals surface area contributed by atoms with Crippen molar-refractivity contribution in [3.8, 4) is 5.75 Å². The van der Waals surface area contributed by atoms with Crippen LogP contribution in [0, 0.1) is 12.8 Å². The third kappa shape index (κ3) is 2.77. The summed E-state index contributed by atoms with van der Waals surface area (Å²) in [6, 6.07) is 5.17. The molecule has 0 saturated heterocycles. The van der Waals surface area contributed by atoms with Gasteiger partial charge in [0.25, 0.3) is 5.91 Å². The van der Waals surface area contributed by atoms with Gasteiger partial charge in [-0.2, -0.15) is 0 Å². The van der Waals surface area contributed by atoms with E-state index >= 15 is 0 Å². The van der Waals surface area contributed by atoms with Gasteiger partial charge in [-0.1, -0.05) is 12.1 Å². The lowest BCUT2D eigenvalue weighted by atomic mass is 10.1. The van der Waals surface area contributed by atoms with E-state index in [9.17, 15) is 9.90 Å². The molecule has 1 aromatic carbocycles. The normalized spacial score (nSPS) is 16.6. The highest BCUT2D eigenvalue weighted by atomic mass is 16.3. The standard InChI is InChI=1S/C13H18N2O2/c1-8-3-2-4-10(12(8)16)13(17)15-7-11(14)9-5-6-9/h2-4,9,11,16H,5-7,14H2,1H3,(H,15,17). The van der Waals surface area contributed by atoms with Crippen molar-refractivity contribution in [3.05, 3.63) is 29.3 Å². The first kappa shape index (κ1) is 11.9. The number of amides is 1. The summed E-state index contributed by atoms with van der Waals surface area (Å²) in [5, 5.41) is 12.5. The average molecular weight is 234 g/mol. The number of hydrogen-bond acceptors (Lipinski definition) is 3. The van der Waals surface area contributed by atoms with Crippen molar-refractivity contribution in [1.29, 1.82) is 0 Å². The van der Waals surface area contributed by atoms with Crippen LogP contribution in [0.5, 0.6) is 5.75 Å². The van der Waals surface area contributed by atoms with Crippen LogP contribution >= 0.6 is 0 Å². The number of para-hydroxylation sites is 1. The molecule has 0 aromatic heterocycles. The van der Waals surface area contributed by atoms with E-state index in [1.54, 1.807) is 25.1 Å². The fraction of sp³-hybridized carbons (Fsp3) is 0.462. The van der Waals surface area contributed by atoms with Crippen molar-refractivity contribution in [2.75, 3.05) is 6.54 Å². The molecule has 1 atom stereocenters. The molecular formula is C13H18N2O2. The molecule has 17 heavy (non-hydrogen) atoms. The van der Waals surface area contributed by atoms with Crippen molar-refractivity contribution < 1.29 is 9.90 Å². The second-order valence-corrected chi connectivity index (χ2v) is 4.68. The van der Waals surface area contributed by atoms with Gasteiger partial charge in [0, 0.05) is 12.6 Å². The molecule has 1 aromatic rings. The molecule has 4 nitrogen and oxygen atoms in total. The first-order chi connectivity index (χ1) is 8.09. The summed E-state index contributed by atoms with van der Waals surface area (Å²) in [5.74, 6) is 0.341. The number of aromatic hydroxyl groups is 1. The van der Waals surface area contributed by atoms with E-state index in [0.29, 0.717) is 23.6 Å². The van der Waals surface area contributed by atoms with Gasteiger partial charge in [-0.15, -0.1) is 0 Å². The second-order valence-electron chi connectivity index (χ2n) is 4.68. The van der Waals surface area contributed by atoms with Crippen LogP contribution in [0.4, 0.5) is 0 Å². The lowest BCUT2D eigenvalue weighted by Gasteiger charge is -2.12. The summed E-state index contributed by atoms with van der Waals surface area (Å²) in [7, 11) is 0. The Morgan fingerprint density at radius 3 is 2.94 bits per heavy atom. The summed E-state index contributed by atoms with van der Waals surface area (Å²) in [5.41, 5.74) is 6.91. The second kappa shape index (κ2) is 4.75. The summed E-state index contributed by atoms with van der Waals surface area (Å²) in [4.78, 5) is 11.8. The first-order valence-electron chi connectivity index (χ1n) is 5.92. The van der Waals surface area contributed by atoms with Crippen LogP contribution in [-0.2, 0) is 0 Å². The van der Waals surface area contributed by atoms with Gasteiger partial charge < -0.3 is 16.2 Å². The molecule has 1 aliphatic carbocycles. The minimum Gasteiger partial charge on any atom is -0.507 e. The van der Waals surface area contributed by atoms with E-state index in [-0.39, 0.29) is 17.7 Å². The number of carbonyl (C=O) groups excluding carboxylic acids is 1. The Kier molecular flexibility index (Phi) is 3.33. The van der Waals surface area contributed by atoms with E-state index in [1.807, 2.05) is 0 Å². The molecule has 1 aliphatic rings. The zero-order chi connectivity index (χ0) is 12.4. The van der Waals surface area contributed by atoms with Crippen molar-refractivity contribution >= 4 is 5.91 Å². The average Bonchev–Trinajstić information content (AvgIpc) is 3.13. The molecule has 0 aliphatic heterocycles. The summed E-state index contributed by atoms with van der Waals surface area (Å²) in [6.45, 7) is 2.24. The maximum atomic E-state index is 11.8. The summed E-state index contributed by atoms with van der Waals surface area (Å²) >= 11 is 0. The number of hydrogen-bond donors (Lipinski definition) is 3. The maximum Gasteiger partial charge on any atom is 0.255 e. The van der Waals surface area contributed by atoms with Gasteiger partial charge in [0.1, 0.15) is 5.75 Å². The van der Waals surface area contributed by atoms with Crippen LogP contribution in [0.3, 0.4) is 0 Å². The van der Waals surface area contributed by atoms with Gasteiger partial charge in [-0.05, 0) is 37.3 Å². The Bertz CT molecular complexity index is 427. The number of carbonyl (C=O) groups is 1. The molecule has 1 unspecified atom stereocenters. The van der Waals surface area contributed by atoms with E-state index < -0.39 is 0 Å². The van der Waals surface area contributed by atoms with Gasteiger partial charge in [-0.3, -0.25) is 4.79 Å². The van der Waals surface area contributed by atoms with Gasteiger partial charge in [0.05, 0.1) is 5.56 Å². The number of benzene rings is 1. The Morgan fingerprint density at radius 2 is 2.29 bits per heavy atom. The molecule has 1 saturated carbocycles. The van der Waals surface area contributed by atoms with Gasteiger partial charge in [0.2, 0.25) is 0 Å². The van der Waals surface area contributed by atoms with E-state index in [2.05, 4.69) is 5.32 Å². The van der Waals surface area contributed by atoms with Crippen LogP contribution in [0.2, 0.25) is 0 Å². The zero-order valence-electron chi connectivity index (χ0n) is 9.94. The molecule has 0 bridgehead atoms. The van der Waals surface area contributed by atoms with Crippen LogP contribution in [-0.4, -0.2) is 23.6 Å². The fourth-order valence-electron chi connectivity index (χ4n) is 1.84. The molecule has 1 amide bonds. The quantitative estimate of drug-likeness (QED) is 0.732. The van der Waals surface area contributed by atoms with Gasteiger partial charge >= 0.3 is 0 Å². The molecule has 0 heterocycles. The number of phenols is 1. The molecular weight excluding hydrogens is 216 g/mol. The third-order valence-corrected chi connectivity index (χ3v) is 3.21. The smallest absolute Gasteiger partial charge is 0.255 e. The van der Waals surface area contributed by atoms with Crippen LogP contribution in [0.25, 0.3) is 0 Å². The third-order valence-electron chi connectivity index (χ3n) is 3.21. The largest absolute Gasteiger partial charge is 0.507 e. The molecule has 0 spiro atoms. The molecule has 4 N–H and O–H groups in total. The molecule has 2 rings (SSSR count). The lowest BCUT2D eigenvalue weighted by Crippen LogP contribution is -2.38. The zero-order valence-corrected chi connectivity index (χ0v) is 9.94. The number of phenolic OH excluding ortho intramolecular Hbond substituents is 1. The highest BCUT2D eigenvalue weighted by molar-refractivity contribution is 5.97. The minimum atomic E-state index is -0.262. The monoisotopic (exact) mass is 234 g/mol. The van der Waals surface area contributed by atoms with Crippen LogP contribution in [0.15, 0.2) is 18.2 Å². The molecule has 4 heteroatoms. The number of aryl methyl sites for hydroxylation is 1.